The summed E-state index contributed by atoms with van der Waals surface area (Å²) in [4.78, 5) is 38.6. The standard InChI is InChI=1S/C23H13Cl3FN3O3/c24-17-10-7-15(11-18(17)25)29-21(31)12-1-5-14(6-2-12)28-20-19(26)22(32)30(23(20)33)16-8-3-13(27)4-9-16/h1-11,28H,(H,29,31). The highest BCUT2D eigenvalue weighted by atomic mass is 35.5. The maximum absolute atomic E-state index is 13.2. The summed E-state index contributed by atoms with van der Waals surface area (Å²) >= 11 is 17.9. The zero-order valence-corrected chi connectivity index (χ0v) is 18.8. The van der Waals surface area contributed by atoms with E-state index in [1.54, 1.807) is 24.3 Å². The van der Waals surface area contributed by atoms with Crippen molar-refractivity contribution in [3.63, 3.8) is 0 Å². The number of rotatable bonds is 5. The Kier molecular flexibility index (Phi) is 6.37. The molecular weight excluding hydrogens is 492 g/mol. The molecule has 0 aromatic heterocycles. The smallest absolute Gasteiger partial charge is 0.283 e. The fourth-order valence-corrected chi connectivity index (χ4v) is 3.57. The van der Waals surface area contributed by atoms with Crippen molar-refractivity contribution in [3.8, 4) is 0 Å². The van der Waals surface area contributed by atoms with Crippen LogP contribution < -0.4 is 15.5 Å². The van der Waals surface area contributed by atoms with Crippen molar-refractivity contribution >= 4 is 69.6 Å². The third kappa shape index (κ3) is 4.71. The van der Waals surface area contributed by atoms with Crippen LogP contribution in [0.25, 0.3) is 0 Å². The van der Waals surface area contributed by atoms with Crippen molar-refractivity contribution < 1.29 is 18.8 Å². The van der Waals surface area contributed by atoms with Crippen LogP contribution in [0, 0.1) is 5.82 Å². The molecule has 10 heteroatoms. The third-order valence-corrected chi connectivity index (χ3v) is 5.80. The highest BCUT2D eigenvalue weighted by Crippen LogP contribution is 2.30. The number of imide groups is 1. The molecule has 0 saturated carbocycles. The zero-order chi connectivity index (χ0) is 23.7. The molecule has 1 aliphatic rings. The average molecular weight is 505 g/mol. The summed E-state index contributed by atoms with van der Waals surface area (Å²) in [7, 11) is 0. The Morgan fingerprint density at radius 3 is 2.06 bits per heavy atom. The number of nitrogens with one attached hydrogen (secondary N) is 2. The molecule has 3 aromatic carbocycles. The first kappa shape index (κ1) is 22.8. The summed E-state index contributed by atoms with van der Waals surface area (Å²) in [6.07, 6.45) is 0. The minimum absolute atomic E-state index is 0.126. The van der Waals surface area contributed by atoms with Gasteiger partial charge >= 0.3 is 0 Å². The predicted molar refractivity (Wildman–Crippen MR) is 126 cm³/mol. The van der Waals surface area contributed by atoms with Crippen molar-refractivity contribution in [3.05, 3.63) is 98.9 Å². The Morgan fingerprint density at radius 2 is 1.42 bits per heavy atom. The molecule has 166 valence electrons. The van der Waals surface area contributed by atoms with Crippen LogP contribution in [0.2, 0.25) is 10.0 Å². The fraction of sp³-hybridized carbons (Fsp3) is 0. The summed E-state index contributed by atoms with van der Waals surface area (Å²) in [6, 6.07) is 15.8. The van der Waals surface area contributed by atoms with E-state index in [9.17, 15) is 18.8 Å². The summed E-state index contributed by atoms with van der Waals surface area (Å²) in [6.45, 7) is 0. The Bertz CT molecular complexity index is 1310. The lowest BCUT2D eigenvalue weighted by atomic mass is 10.2. The van der Waals surface area contributed by atoms with Gasteiger partial charge in [-0.3, -0.25) is 14.4 Å². The average Bonchev–Trinajstić information content (AvgIpc) is 3.00. The van der Waals surface area contributed by atoms with Gasteiger partial charge in [0.25, 0.3) is 17.7 Å². The van der Waals surface area contributed by atoms with Crippen LogP contribution >= 0.6 is 34.8 Å². The van der Waals surface area contributed by atoms with Gasteiger partial charge in [-0.05, 0) is 66.7 Å². The Morgan fingerprint density at radius 1 is 0.788 bits per heavy atom. The number of carbonyl (C=O) groups is 3. The zero-order valence-electron chi connectivity index (χ0n) is 16.5. The summed E-state index contributed by atoms with van der Waals surface area (Å²) in [5.74, 6) is -2.29. The first-order valence-electron chi connectivity index (χ1n) is 9.42. The van der Waals surface area contributed by atoms with Crippen LogP contribution in [0.3, 0.4) is 0 Å². The molecular formula is C23H13Cl3FN3O3. The molecule has 4 rings (SSSR count). The van der Waals surface area contributed by atoms with Gasteiger partial charge < -0.3 is 10.6 Å². The quantitative estimate of drug-likeness (QED) is 0.429. The fourth-order valence-electron chi connectivity index (χ4n) is 3.06. The summed E-state index contributed by atoms with van der Waals surface area (Å²) < 4.78 is 13.2. The largest absolute Gasteiger partial charge is 0.350 e. The highest BCUT2D eigenvalue weighted by Gasteiger charge is 2.38. The molecule has 3 aromatic rings. The second kappa shape index (κ2) is 9.23. The molecule has 0 aliphatic carbocycles. The van der Waals surface area contributed by atoms with Gasteiger partial charge in [0.15, 0.2) is 0 Å². The molecule has 6 nitrogen and oxygen atoms in total. The third-order valence-electron chi connectivity index (χ3n) is 4.71. The topological polar surface area (TPSA) is 78.5 Å². The molecule has 0 radical (unpaired) electrons. The van der Waals surface area contributed by atoms with E-state index in [2.05, 4.69) is 10.6 Å². The second-order valence-corrected chi connectivity index (χ2v) is 8.09. The first-order chi connectivity index (χ1) is 15.7. The summed E-state index contributed by atoms with van der Waals surface area (Å²) in [5.41, 5.74) is 1.31. The molecule has 2 N–H and O–H groups in total. The SMILES string of the molecule is O=C(Nc1ccc(Cl)c(Cl)c1)c1ccc(NC2=C(Cl)C(=O)N(c3ccc(F)cc3)C2=O)cc1. The Labute approximate surface area is 202 Å². The van der Waals surface area contributed by atoms with E-state index in [0.29, 0.717) is 27.0 Å². The number of amides is 3. The van der Waals surface area contributed by atoms with Gasteiger partial charge in [-0.2, -0.15) is 0 Å². The lowest BCUT2D eigenvalue weighted by Crippen LogP contribution is -2.32. The highest BCUT2D eigenvalue weighted by molar-refractivity contribution is 6.53. The minimum atomic E-state index is -0.728. The van der Waals surface area contributed by atoms with Crippen LogP contribution in [0.5, 0.6) is 0 Å². The number of carbonyl (C=O) groups excluding carboxylic acids is 3. The van der Waals surface area contributed by atoms with Crippen molar-refractivity contribution in [2.75, 3.05) is 15.5 Å². The van der Waals surface area contributed by atoms with Crippen LogP contribution in [-0.4, -0.2) is 17.7 Å². The number of hydrogen-bond donors (Lipinski definition) is 2. The lowest BCUT2D eigenvalue weighted by molar-refractivity contribution is -0.120. The summed E-state index contributed by atoms with van der Waals surface area (Å²) in [5, 5.41) is 5.89. The van der Waals surface area contributed by atoms with Gasteiger partial charge in [-0.25, -0.2) is 9.29 Å². The number of hydrogen-bond acceptors (Lipinski definition) is 4. The number of benzene rings is 3. The van der Waals surface area contributed by atoms with E-state index in [1.807, 2.05) is 0 Å². The molecule has 0 atom stereocenters. The maximum Gasteiger partial charge on any atom is 0.283 e. The molecule has 0 unspecified atom stereocenters. The van der Waals surface area contributed by atoms with E-state index in [4.69, 9.17) is 34.8 Å². The van der Waals surface area contributed by atoms with Crippen molar-refractivity contribution in [1.82, 2.24) is 0 Å². The first-order valence-corrected chi connectivity index (χ1v) is 10.6. The maximum atomic E-state index is 13.2. The Balaban J connectivity index is 1.47. The molecule has 0 spiro atoms. The Hall–Kier alpha value is -3.39. The molecule has 0 bridgehead atoms. The van der Waals surface area contributed by atoms with Crippen LogP contribution in [0.4, 0.5) is 21.5 Å². The lowest BCUT2D eigenvalue weighted by Gasteiger charge is -2.15. The van der Waals surface area contributed by atoms with Crippen molar-refractivity contribution in [1.29, 1.82) is 0 Å². The monoisotopic (exact) mass is 503 g/mol. The molecule has 0 saturated heterocycles. The van der Waals surface area contributed by atoms with Gasteiger partial charge in [0.2, 0.25) is 0 Å². The van der Waals surface area contributed by atoms with Gasteiger partial charge in [-0.1, -0.05) is 34.8 Å². The van der Waals surface area contributed by atoms with E-state index in [0.717, 1.165) is 17.0 Å². The van der Waals surface area contributed by atoms with Crippen LogP contribution in [0.15, 0.2) is 77.5 Å². The minimum Gasteiger partial charge on any atom is -0.350 e. The van der Waals surface area contributed by atoms with Gasteiger partial charge in [0, 0.05) is 16.9 Å². The number of nitrogens with zero attached hydrogens (tertiary/aromatic N) is 1. The van der Waals surface area contributed by atoms with E-state index in [1.165, 1.54) is 30.3 Å². The van der Waals surface area contributed by atoms with Crippen LogP contribution in [0.1, 0.15) is 10.4 Å². The van der Waals surface area contributed by atoms with Gasteiger partial charge in [0.1, 0.15) is 16.5 Å². The molecule has 1 heterocycles. The van der Waals surface area contributed by atoms with E-state index in [-0.39, 0.29) is 22.3 Å². The van der Waals surface area contributed by atoms with E-state index < -0.39 is 17.6 Å². The van der Waals surface area contributed by atoms with Crippen molar-refractivity contribution in [2.45, 2.75) is 0 Å². The molecule has 33 heavy (non-hydrogen) atoms. The van der Waals surface area contributed by atoms with Crippen LogP contribution in [-0.2, 0) is 9.59 Å². The van der Waals surface area contributed by atoms with Gasteiger partial charge in [-0.15, -0.1) is 0 Å². The van der Waals surface area contributed by atoms with E-state index >= 15 is 0 Å². The number of halogens is 4. The predicted octanol–water partition coefficient (Wildman–Crippen LogP) is 5.82. The normalized spacial score (nSPS) is 13.5. The molecule has 1 aliphatic heterocycles. The van der Waals surface area contributed by atoms with Gasteiger partial charge in [0.05, 0.1) is 15.7 Å². The van der Waals surface area contributed by atoms with Crippen molar-refractivity contribution in [2.24, 2.45) is 0 Å². The second-order valence-electron chi connectivity index (χ2n) is 6.90. The number of anilines is 3. The molecule has 0 fully saturated rings. The molecule has 3 amide bonds.